The highest BCUT2D eigenvalue weighted by Crippen LogP contribution is 2.49. The molecule has 6 nitrogen and oxygen atoms in total. The van der Waals surface area contributed by atoms with E-state index in [-0.39, 0.29) is 34.5 Å². The van der Waals surface area contributed by atoms with Crippen LogP contribution in [0.2, 0.25) is 0 Å². The summed E-state index contributed by atoms with van der Waals surface area (Å²) >= 11 is 0. The molecule has 6 heteroatoms. The summed E-state index contributed by atoms with van der Waals surface area (Å²) in [6.07, 6.45) is 0.0336. The molecule has 1 aliphatic rings. The van der Waals surface area contributed by atoms with Gasteiger partial charge in [-0.25, -0.2) is 4.79 Å². The van der Waals surface area contributed by atoms with Crippen molar-refractivity contribution in [3.63, 3.8) is 0 Å². The van der Waals surface area contributed by atoms with Crippen molar-refractivity contribution in [2.45, 2.75) is 26.2 Å². The molecule has 4 rings (SSSR count). The maximum Gasteiger partial charge on any atom is 0.336 e. The predicted molar refractivity (Wildman–Crippen MR) is 97.4 cm³/mol. The fraction of sp³-hybridized carbons (Fsp3) is 0.190. The summed E-state index contributed by atoms with van der Waals surface area (Å²) in [7, 11) is 0. The summed E-state index contributed by atoms with van der Waals surface area (Å²) in [6, 6.07) is 10.5. The zero-order chi connectivity index (χ0) is 19.3. The van der Waals surface area contributed by atoms with Crippen LogP contribution < -0.4 is 10.4 Å². The van der Waals surface area contributed by atoms with E-state index in [0.29, 0.717) is 11.1 Å². The van der Waals surface area contributed by atoms with E-state index in [0.717, 1.165) is 5.56 Å². The molecule has 3 aromatic rings. The minimum absolute atomic E-state index is 0.0336. The molecule has 1 aromatic heterocycles. The minimum Gasteiger partial charge on any atom is -0.506 e. The maximum absolute atomic E-state index is 12.3. The molecule has 0 saturated heterocycles. The molecule has 2 aromatic carbocycles. The van der Waals surface area contributed by atoms with Crippen LogP contribution in [0.4, 0.5) is 0 Å². The Morgan fingerprint density at radius 1 is 1.19 bits per heavy atom. The highest BCUT2D eigenvalue weighted by Gasteiger charge is 2.37. The van der Waals surface area contributed by atoms with Gasteiger partial charge in [-0.2, -0.15) is 0 Å². The van der Waals surface area contributed by atoms with Crippen molar-refractivity contribution in [1.29, 1.82) is 0 Å². The van der Waals surface area contributed by atoms with Crippen LogP contribution in [0.25, 0.3) is 11.0 Å². The van der Waals surface area contributed by atoms with E-state index in [1.807, 2.05) is 30.3 Å². The summed E-state index contributed by atoms with van der Waals surface area (Å²) in [4.78, 5) is 36.5. The van der Waals surface area contributed by atoms with E-state index in [1.165, 1.54) is 13.0 Å². The Kier molecular flexibility index (Phi) is 3.84. The van der Waals surface area contributed by atoms with Crippen LogP contribution >= 0.6 is 0 Å². The van der Waals surface area contributed by atoms with Crippen molar-refractivity contribution in [3.8, 4) is 11.5 Å². The van der Waals surface area contributed by atoms with E-state index < -0.39 is 23.3 Å². The standard InChI is InChI=1S/C21H16O6/c1-10-8-14(23)26-20-16(10)19(25)17(11(2)22)21-18(20)13(9-15(24)27-21)12-6-4-3-5-7-12/h3-8,13,25H,9H2,1-2H3. The van der Waals surface area contributed by atoms with Crippen molar-refractivity contribution in [2.24, 2.45) is 0 Å². The Balaban J connectivity index is 2.20. The summed E-state index contributed by atoms with van der Waals surface area (Å²) in [5, 5.41) is 11.0. The van der Waals surface area contributed by atoms with Gasteiger partial charge in [-0.15, -0.1) is 0 Å². The van der Waals surface area contributed by atoms with Gasteiger partial charge in [-0.1, -0.05) is 30.3 Å². The molecule has 1 N–H and O–H groups in total. The number of phenolic OH excluding ortho intramolecular Hbond substituents is 1. The summed E-state index contributed by atoms with van der Waals surface area (Å²) < 4.78 is 10.8. The maximum atomic E-state index is 12.3. The second-order valence-corrected chi connectivity index (χ2v) is 6.62. The number of benzene rings is 2. The lowest BCUT2D eigenvalue weighted by Crippen LogP contribution is -2.23. The van der Waals surface area contributed by atoms with Crippen molar-refractivity contribution in [2.75, 3.05) is 0 Å². The van der Waals surface area contributed by atoms with Gasteiger partial charge >= 0.3 is 11.6 Å². The highest BCUT2D eigenvalue weighted by atomic mass is 16.5. The molecule has 1 unspecified atom stereocenters. The molecule has 0 bridgehead atoms. The molecular formula is C21H16O6. The number of Topliss-reactive ketones (excluding diaryl/α,β-unsaturated/α-hetero) is 1. The first-order valence-electron chi connectivity index (χ1n) is 8.48. The molecule has 136 valence electrons. The zero-order valence-corrected chi connectivity index (χ0v) is 14.7. The monoisotopic (exact) mass is 364 g/mol. The van der Waals surface area contributed by atoms with Gasteiger partial charge in [0, 0.05) is 17.5 Å². The Hall–Kier alpha value is -3.41. The molecule has 0 radical (unpaired) electrons. The number of aryl methyl sites for hydroxylation is 1. The number of hydrogen-bond donors (Lipinski definition) is 1. The first-order valence-corrected chi connectivity index (χ1v) is 8.48. The normalized spacial score (nSPS) is 16.1. The average molecular weight is 364 g/mol. The zero-order valence-electron chi connectivity index (χ0n) is 14.7. The van der Waals surface area contributed by atoms with Gasteiger partial charge in [-0.3, -0.25) is 9.59 Å². The van der Waals surface area contributed by atoms with Crippen LogP contribution in [0.5, 0.6) is 11.5 Å². The SMILES string of the molecule is CC(=O)c1c2c(c3oc(=O)cc(C)c3c1O)C(c1ccccc1)CC(=O)O2. The highest BCUT2D eigenvalue weighted by molar-refractivity contribution is 6.09. The van der Waals surface area contributed by atoms with Crippen LogP contribution in [-0.2, 0) is 4.79 Å². The van der Waals surface area contributed by atoms with Gasteiger partial charge < -0.3 is 14.3 Å². The van der Waals surface area contributed by atoms with E-state index in [4.69, 9.17) is 9.15 Å². The minimum atomic E-state index is -0.583. The number of carbonyl (C=O) groups excluding carboxylic acids is 2. The van der Waals surface area contributed by atoms with Gasteiger partial charge in [0.15, 0.2) is 11.5 Å². The van der Waals surface area contributed by atoms with E-state index in [9.17, 15) is 19.5 Å². The lowest BCUT2D eigenvalue weighted by molar-refractivity contribution is -0.135. The van der Waals surface area contributed by atoms with Crippen molar-refractivity contribution in [1.82, 2.24) is 0 Å². The molecule has 0 saturated carbocycles. The van der Waals surface area contributed by atoms with Crippen LogP contribution in [0.1, 0.15) is 46.3 Å². The quantitative estimate of drug-likeness (QED) is 0.324. The third-order valence-electron chi connectivity index (χ3n) is 4.84. The van der Waals surface area contributed by atoms with Gasteiger partial charge in [0.1, 0.15) is 16.9 Å². The topological polar surface area (TPSA) is 93.8 Å². The van der Waals surface area contributed by atoms with Gasteiger partial charge in [0.05, 0.1) is 11.8 Å². The number of phenols is 1. The second-order valence-electron chi connectivity index (χ2n) is 6.62. The molecule has 0 fully saturated rings. The lowest BCUT2D eigenvalue weighted by Gasteiger charge is -2.27. The number of ether oxygens (including phenoxy) is 1. The van der Waals surface area contributed by atoms with Crippen molar-refractivity contribution in [3.05, 3.63) is 69.1 Å². The van der Waals surface area contributed by atoms with E-state index in [1.54, 1.807) is 6.92 Å². The second kappa shape index (κ2) is 6.09. The Morgan fingerprint density at radius 2 is 1.89 bits per heavy atom. The smallest absolute Gasteiger partial charge is 0.336 e. The Bertz CT molecular complexity index is 1160. The van der Waals surface area contributed by atoms with Gasteiger partial charge in [0.2, 0.25) is 0 Å². The largest absolute Gasteiger partial charge is 0.506 e. The van der Waals surface area contributed by atoms with Crippen molar-refractivity contribution >= 4 is 22.7 Å². The summed E-state index contributed by atoms with van der Waals surface area (Å²) in [6.45, 7) is 2.94. The van der Waals surface area contributed by atoms with Crippen LogP contribution in [-0.4, -0.2) is 16.9 Å². The Labute approximate surface area is 154 Å². The summed E-state index contributed by atoms with van der Waals surface area (Å²) in [5.74, 6) is -1.82. The van der Waals surface area contributed by atoms with Crippen LogP contribution in [0, 0.1) is 6.92 Å². The number of esters is 1. The molecule has 2 heterocycles. The molecule has 0 aliphatic carbocycles. The molecule has 0 spiro atoms. The fourth-order valence-electron chi connectivity index (χ4n) is 3.71. The van der Waals surface area contributed by atoms with E-state index >= 15 is 0 Å². The third-order valence-corrected chi connectivity index (χ3v) is 4.84. The van der Waals surface area contributed by atoms with Crippen molar-refractivity contribution < 1.29 is 23.8 Å². The predicted octanol–water partition coefficient (Wildman–Crippen LogP) is 3.45. The van der Waals surface area contributed by atoms with E-state index in [2.05, 4.69) is 0 Å². The molecular weight excluding hydrogens is 348 g/mol. The van der Waals surface area contributed by atoms with Gasteiger partial charge in [0.25, 0.3) is 0 Å². The van der Waals surface area contributed by atoms with Crippen LogP contribution in [0.3, 0.4) is 0 Å². The number of ketones is 1. The Morgan fingerprint density at radius 3 is 2.56 bits per heavy atom. The molecule has 0 amide bonds. The first-order chi connectivity index (χ1) is 12.9. The lowest BCUT2D eigenvalue weighted by atomic mass is 9.83. The number of hydrogen-bond acceptors (Lipinski definition) is 6. The number of aromatic hydroxyl groups is 1. The number of carbonyl (C=O) groups is 2. The first kappa shape index (κ1) is 17.0. The van der Waals surface area contributed by atoms with Crippen LogP contribution in [0.15, 0.2) is 45.6 Å². The number of rotatable bonds is 2. The summed E-state index contributed by atoms with van der Waals surface area (Å²) in [5.41, 5.74) is 1.21. The fourth-order valence-corrected chi connectivity index (χ4v) is 3.71. The average Bonchev–Trinajstić information content (AvgIpc) is 2.60. The third kappa shape index (κ3) is 2.61. The van der Waals surface area contributed by atoms with Gasteiger partial charge in [-0.05, 0) is 25.0 Å². The molecule has 1 atom stereocenters. The molecule has 1 aliphatic heterocycles. The molecule has 27 heavy (non-hydrogen) atoms. The number of fused-ring (bicyclic) bond motifs is 3.